The molecule has 0 aliphatic heterocycles. The van der Waals surface area contributed by atoms with E-state index in [4.69, 9.17) is 0 Å². The number of aromatic nitrogens is 1. The fraction of sp³-hybridized carbons (Fsp3) is 0.312. The molecule has 4 heteroatoms. The van der Waals surface area contributed by atoms with Crippen LogP contribution in [0, 0.1) is 12.7 Å². The van der Waals surface area contributed by atoms with E-state index in [9.17, 15) is 4.39 Å². The monoisotopic (exact) mass is 273 g/mol. The average Bonchev–Trinajstić information content (AvgIpc) is 2.41. The molecule has 0 spiro atoms. The maximum absolute atomic E-state index is 13.4. The van der Waals surface area contributed by atoms with Gasteiger partial charge in [-0.15, -0.1) is 0 Å². The Morgan fingerprint density at radius 1 is 1.15 bits per heavy atom. The van der Waals surface area contributed by atoms with E-state index in [0.717, 1.165) is 24.5 Å². The van der Waals surface area contributed by atoms with Crippen LogP contribution < -0.4 is 5.32 Å². The van der Waals surface area contributed by atoms with Crippen LogP contribution in [-0.2, 0) is 6.54 Å². The van der Waals surface area contributed by atoms with Crippen molar-refractivity contribution in [3.8, 4) is 0 Å². The molecule has 0 aliphatic rings. The van der Waals surface area contributed by atoms with E-state index in [2.05, 4.69) is 15.2 Å². The number of halogens is 1. The van der Waals surface area contributed by atoms with Crippen molar-refractivity contribution in [3.05, 3.63) is 59.7 Å². The fourth-order valence-electron chi connectivity index (χ4n) is 2.03. The number of likely N-dealkylation sites (N-methyl/N-ethyl adjacent to an activating group) is 1. The molecule has 2 aromatic rings. The minimum absolute atomic E-state index is 0.212. The second-order valence-corrected chi connectivity index (χ2v) is 4.91. The van der Waals surface area contributed by atoms with Crippen LogP contribution in [0.4, 0.5) is 10.1 Å². The van der Waals surface area contributed by atoms with Gasteiger partial charge in [0.05, 0.1) is 11.4 Å². The number of hydrogen-bond donors (Lipinski definition) is 1. The van der Waals surface area contributed by atoms with Crippen molar-refractivity contribution in [1.29, 1.82) is 0 Å². The second-order valence-electron chi connectivity index (χ2n) is 4.91. The highest BCUT2D eigenvalue weighted by Crippen LogP contribution is 2.11. The Morgan fingerprint density at radius 2 is 1.95 bits per heavy atom. The highest BCUT2D eigenvalue weighted by Gasteiger charge is 2.03. The summed E-state index contributed by atoms with van der Waals surface area (Å²) in [6.07, 6.45) is 0. The summed E-state index contributed by atoms with van der Waals surface area (Å²) >= 11 is 0. The maximum atomic E-state index is 13.4. The molecule has 0 unspecified atom stereocenters. The molecule has 20 heavy (non-hydrogen) atoms. The zero-order valence-corrected chi connectivity index (χ0v) is 11.9. The molecular weight excluding hydrogens is 253 g/mol. The number of anilines is 1. The molecular formula is C16H20FN3. The molecule has 106 valence electrons. The van der Waals surface area contributed by atoms with Crippen LogP contribution in [0.5, 0.6) is 0 Å². The first-order valence-electron chi connectivity index (χ1n) is 6.74. The lowest BCUT2D eigenvalue weighted by molar-refractivity contribution is 0.335. The van der Waals surface area contributed by atoms with E-state index in [1.54, 1.807) is 12.1 Å². The van der Waals surface area contributed by atoms with Gasteiger partial charge in [0.25, 0.3) is 0 Å². The van der Waals surface area contributed by atoms with Crippen LogP contribution in [-0.4, -0.2) is 30.0 Å². The number of hydrogen-bond acceptors (Lipinski definition) is 3. The van der Waals surface area contributed by atoms with Gasteiger partial charge in [0.15, 0.2) is 0 Å². The van der Waals surface area contributed by atoms with E-state index < -0.39 is 0 Å². The van der Waals surface area contributed by atoms with Gasteiger partial charge in [0, 0.05) is 25.3 Å². The van der Waals surface area contributed by atoms with Crippen molar-refractivity contribution in [2.24, 2.45) is 0 Å². The highest BCUT2D eigenvalue weighted by atomic mass is 19.1. The molecule has 1 heterocycles. The molecule has 3 nitrogen and oxygen atoms in total. The van der Waals surface area contributed by atoms with Gasteiger partial charge in [0.2, 0.25) is 0 Å². The standard InChI is InChI=1S/C16H20FN3/c1-13-6-5-7-14(19-13)12-20(2)11-10-18-16-9-4-3-8-15(16)17/h3-9,18H,10-12H2,1-2H3. The molecule has 0 atom stereocenters. The van der Waals surface area contributed by atoms with Gasteiger partial charge < -0.3 is 5.32 Å². The van der Waals surface area contributed by atoms with Gasteiger partial charge in [-0.25, -0.2) is 4.39 Å². The largest absolute Gasteiger partial charge is 0.381 e. The van der Waals surface area contributed by atoms with Crippen molar-refractivity contribution >= 4 is 5.69 Å². The Balaban J connectivity index is 1.78. The summed E-state index contributed by atoms with van der Waals surface area (Å²) in [6, 6.07) is 12.8. The third kappa shape index (κ3) is 4.31. The minimum Gasteiger partial charge on any atom is -0.381 e. The first kappa shape index (κ1) is 14.5. The fourth-order valence-corrected chi connectivity index (χ4v) is 2.03. The van der Waals surface area contributed by atoms with Crippen molar-refractivity contribution in [3.63, 3.8) is 0 Å². The van der Waals surface area contributed by atoms with E-state index >= 15 is 0 Å². The van der Waals surface area contributed by atoms with E-state index in [1.807, 2.05) is 38.2 Å². The molecule has 0 fully saturated rings. The Morgan fingerprint density at radius 3 is 2.70 bits per heavy atom. The third-order valence-corrected chi connectivity index (χ3v) is 3.06. The lowest BCUT2D eigenvalue weighted by Gasteiger charge is -2.17. The molecule has 0 amide bonds. The van der Waals surface area contributed by atoms with E-state index in [0.29, 0.717) is 12.2 Å². The van der Waals surface area contributed by atoms with Crippen LogP contribution in [0.2, 0.25) is 0 Å². The third-order valence-electron chi connectivity index (χ3n) is 3.06. The Hall–Kier alpha value is -1.94. The summed E-state index contributed by atoms with van der Waals surface area (Å²) in [6.45, 7) is 4.30. The first-order chi connectivity index (χ1) is 9.65. The number of aryl methyl sites for hydroxylation is 1. The number of rotatable bonds is 6. The number of nitrogens with zero attached hydrogens (tertiary/aromatic N) is 2. The van der Waals surface area contributed by atoms with Crippen LogP contribution in [0.15, 0.2) is 42.5 Å². The lowest BCUT2D eigenvalue weighted by atomic mass is 10.3. The summed E-state index contributed by atoms with van der Waals surface area (Å²) < 4.78 is 13.4. The van der Waals surface area contributed by atoms with Crippen molar-refractivity contribution in [2.75, 3.05) is 25.5 Å². The lowest BCUT2D eigenvalue weighted by Crippen LogP contribution is -2.25. The van der Waals surface area contributed by atoms with Crippen LogP contribution in [0.3, 0.4) is 0 Å². The van der Waals surface area contributed by atoms with Gasteiger partial charge in [-0.2, -0.15) is 0 Å². The quantitative estimate of drug-likeness (QED) is 0.876. The number of nitrogens with one attached hydrogen (secondary N) is 1. The van der Waals surface area contributed by atoms with E-state index in [-0.39, 0.29) is 5.82 Å². The molecule has 1 N–H and O–H groups in total. The summed E-state index contributed by atoms with van der Waals surface area (Å²) in [5, 5.41) is 3.10. The van der Waals surface area contributed by atoms with Crippen molar-refractivity contribution < 1.29 is 4.39 Å². The van der Waals surface area contributed by atoms with Gasteiger partial charge in [0.1, 0.15) is 5.82 Å². The molecule has 1 aromatic heterocycles. The summed E-state index contributed by atoms with van der Waals surface area (Å²) in [5.74, 6) is -0.212. The Bertz CT molecular complexity index is 557. The van der Waals surface area contributed by atoms with Gasteiger partial charge in [-0.1, -0.05) is 18.2 Å². The summed E-state index contributed by atoms with van der Waals surface area (Å²) in [7, 11) is 2.03. The smallest absolute Gasteiger partial charge is 0.146 e. The van der Waals surface area contributed by atoms with Gasteiger partial charge in [-0.3, -0.25) is 9.88 Å². The molecule has 2 rings (SSSR count). The molecule has 0 radical (unpaired) electrons. The Labute approximate surface area is 119 Å². The zero-order chi connectivity index (χ0) is 14.4. The number of pyridine rings is 1. The average molecular weight is 273 g/mol. The topological polar surface area (TPSA) is 28.2 Å². The van der Waals surface area contributed by atoms with Crippen LogP contribution in [0.25, 0.3) is 0 Å². The number of benzene rings is 1. The minimum atomic E-state index is -0.212. The molecule has 0 saturated carbocycles. The zero-order valence-electron chi connectivity index (χ0n) is 11.9. The van der Waals surface area contributed by atoms with Crippen LogP contribution in [0.1, 0.15) is 11.4 Å². The maximum Gasteiger partial charge on any atom is 0.146 e. The predicted octanol–water partition coefficient (Wildman–Crippen LogP) is 3.07. The SMILES string of the molecule is Cc1cccc(CN(C)CCNc2ccccc2F)n1. The Kier molecular flexibility index (Phi) is 5.07. The molecule has 0 aliphatic carbocycles. The molecule has 1 aromatic carbocycles. The van der Waals surface area contributed by atoms with Crippen LogP contribution >= 0.6 is 0 Å². The molecule has 0 saturated heterocycles. The van der Waals surface area contributed by atoms with Crippen molar-refractivity contribution in [1.82, 2.24) is 9.88 Å². The van der Waals surface area contributed by atoms with E-state index in [1.165, 1.54) is 6.07 Å². The molecule has 0 bridgehead atoms. The summed E-state index contributed by atoms with van der Waals surface area (Å²) in [5.41, 5.74) is 2.63. The normalized spacial score (nSPS) is 10.8. The van der Waals surface area contributed by atoms with Gasteiger partial charge >= 0.3 is 0 Å². The second kappa shape index (κ2) is 7.01. The van der Waals surface area contributed by atoms with Crippen molar-refractivity contribution in [2.45, 2.75) is 13.5 Å². The van der Waals surface area contributed by atoms with Gasteiger partial charge in [-0.05, 0) is 38.2 Å². The highest BCUT2D eigenvalue weighted by molar-refractivity contribution is 5.44. The first-order valence-corrected chi connectivity index (χ1v) is 6.74. The summed E-state index contributed by atoms with van der Waals surface area (Å²) in [4.78, 5) is 6.63. The predicted molar refractivity (Wildman–Crippen MR) is 80.2 cm³/mol. The number of para-hydroxylation sites is 1.